The van der Waals surface area contributed by atoms with E-state index in [4.69, 9.17) is 9.84 Å². The Morgan fingerprint density at radius 2 is 2.00 bits per heavy atom. The molecule has 0 aromatic rings. The summed E-state index contributed by atoms with van der Waals surface area (Å²) in [6, 6.07) is -1.04. The maximum atomic E-state index is 12.3. The maximum Gasteiger partial charge on any atom is 0.407 e. The summed E-state index contributed by atoms with van der Waals surface area (Å²) in [7, 11) is 0. The molecule has 0 radical (unpaired) electrons. The molecular weight excluding hydrogens is 205 g/mol. The molecule has 0 heterocycles. The zero-order valence-electron chi connectivity index (χ0n) is 9.04. The summed E-state index contributed by atoms with van der Waals surface area (Å²) in [5, 5.41) is 10.5. The Morgan fingerprint density at radius 3 is 2.33 bits per heavy atom. The van der Waals surface area contributed by atoms with Crippen LogP contribution in [0.4, 0.5) is 9.18 Å². The first-order chi connectivity index (χ1) is 6.74. The molecule has 0 aliphatic rings. The van der Waals surface area contributed by atoms with Gasteiger partial charge in [0, 0.05) is 0 Å². The predicted molar refractivity (Wildman–Crippen MR) is 51.4 cm³/mol. The molecular formula is C9H16FNO4. The van der Waals surface area contributed by atoms with Crippen molar-refractivity contribution in [3.63, 3.8) is 0 Å². The van der Waals surface area contributed by atoms with E-state index in [1.807, 2.05) is 0 Å². The topological polar surface area (TPSA) is 75.6 Å². The lowest BCUT2D eigenvalue weighted by atomic mass is 10.2. The molecule has 0 aromatic carbocycles. The van der Waals surface area contributed by atoms with Gasteiger partial charge >= 0.3 is 12.1 Å². The third-order valence-corrected chi connectivity index (χ3v) is 1.33. The van der Waals surface area contributed by atoms with Crippen LogP contribution < -0.4 is 5.32 Å². The Morgan fingerprint density at radius 1 is 1.47 bits per heavy atom. The molecule has 0 saturated carbocycles. The van der Waals surface area contributed by atoms with Crippen LogP contribution in [-0.4, -0.2) is 35.5 Å². The van der Waals surface area contributed by atoms with E-state index in [2.05, 4.69) is 5.32 Å². The lowest BCUT2D eigenvalue weighted by Crippen LogP contribution is -2.41. The first kappa shape index (κ1) is 13.7. The van der Waals surface area contributed by atoms with Crippen LogP contribution in [0.2, 0.25) is 0 Å². The van der Waals surface area contributed by atoms with Crippen molar-refractivity contribution in [2.45, 2.75) is 38.8 Å². The minimum atomic E-state index is -1.17. The van der Waals surface area contributed by atoms with Crippen LogP contribution >= 0.6 is 0 Å². The van der Waals surface area contributed by atoms with Crippen LogP contribution in [0.3, 0.4) is 0 Å². The number of carboxylic acid groups (broad SMARTS) is 1. The van der Waals surface area contributed by atoms with Crippen molar-refractivity contribution in [3.8, 4) is 0 Å². The zero-order valence-corrected chi connectivity index (χ0v) is 9.04. The number of rotatable bonds is 4. The fraction of sp³-hybridized carbons (Fsp3) is 0.778. The molecule has 1 amide bonds. The normalized spacial score (nSPS) is 13.1. The Kier molecular flexibility index (Phi) is 5.04. The van der Waals surface area contributed by atoms with Gasteiger partial charge in [-0.2, -0.15) is 0 Å². The fourth-order valence-corrected chi connectivity index (χ4v) is 0.829. The average Bonchev–Trinajstić information content (AvgIpc) is 1.98. The number of aliphatic carboxylic acids is 1. The van der Waals surface area contributed by atoms with Gasteiger partial charge in [0.1, 0.15) is 12.3 Å². The minimum absolute atomic E-state index is 0.463. The molecule has 15 heavy (non-hydrogen) atoms. The van der Waals surface area contributed by atoms with Gasteiger partial charge in [-0.05, 0) is 20.8 Å². The molecule has 6 heteroatoms. The number of carbonyl (C=O) groups is 2. The summed E-state index contributed by atoms with van der Waals surface area (Å²) in [6.07, 6.45) is -1.28. The molecule has 0 bridgehead atoms. The predicted octanol–water partition coefficient (Wildman–Crippen LogP) is 1.32. The van der Waals surface area contributed by atoms with Gasteiger partial charge in [0.25, 0.3) is 0 Å². The lowest BCUT2D eigenvalue weighted by Gasteiger charge is -2.21. The Hall–Kier alpha value is -1.33. The summed E-state index contributed by atoms with van der Waals surface area (Å²) < 4.78 is 17.1. The lowest BCUT2D eigenvalue weighted by molar-refractivity contribution is -0.137. The number of carbonyl (C=O) groups excluding carboxylic acids is 1. The van der Waals surface area contributed by atoms with E-state index in [0.717, 1.165) is 0 Å². The quantitative estimate of drug-likeness (QED) is 0.750. The summed E-state index contributed by atoms with van der Waals surface area (Å²) in [5.74, 6) is -1.17. The summed E-state index contributed by atoms with van der Waals surface area (Å²) in [6.45, 7) is 4.04. The van der Waals surface area contributed by atoms with E-state index in [-0.39, 0.29) is 0 Å². The molecule has 2 N–H and O–H groups in total. The SMILES string of the molecule is CC(C)(C)OC(=O)NC(CF)CC(=O)O. The van der Waals surface area contributed by atoms with Crippen LogP contribution in [0.15, 0.2) is 0 Å². The maximum absolute atomic E-state index is 12.3. The van der Waals surface area contributed by atoms with Gasteiger partial charge in [0.2, 0.25) is 0 Å². The first-order valence-electron chi connectivity index (χ1n) is 4.52. The van der Waals surface area contributed by atoms with Crippen LogP contribution in [0, 0.1) is 0 Å². The summed E-state index contributed by atoms with van der Waals surface area (Å²) in [4.78, 5) is 21.4. The Labute approximate surface area is 87.6 Å². The molecule has 5 nitrogen and oxygen atoms in total. The molecule has 0 aliphatic carbocycles. The van der Waals surface area contributed by atoms with Gasteiger partial charge in [-0.3, -0.25) is 4.79 Å². The van der Waals surface area contributed by atoms with Gasteiger partial charge in [0.15, 0.2) is 0 Å². The van der Waals surface area contributed by atoms with Crippen molar-refractivity contribution in [2.75, 3.05) is 6.67 Å². The second-order valence-electron chi connectivity index (χ2n) is 4.10. The van der Waals surface area contributed by atoms with Crippen molar-refractivity contribution in [3.05, 3.63) is 0 Å². The average molecular weight is 221 g/mol. The van der Waals surface area contributed by atoms with Crippen molar-refractivity contribution >= 4 is 12.1 Å². The van der Waals surface area contributed by atoms with E-state index >= 15 is 0 Å². The molecule has 88 valence electrons. The summed E-state index contributed by atoms with van der Waals surface area (Å²) in [5.41, 5.74) is -0.686. The number of amides is 1. The number of alkyl carbamates (subject to hydrolysis) is 1. The van der Waals surface area contributed by atoms with Crippen molar-refractivity contribution < 1.29 is 23.8 Å². The van der Waals surface area contributed by atoms with E-state index < -0.39 is 36.8 Å². The van der Waals surface area contributed by atoms with E-state index in [1.54, 1.807) is 20.8 Å². The Balaban J connectivity index is 4.07. The second kappa shape index (κ2) is 5.53. The fourth-order valence-electron chi connectivity index (χ4n) is 0.829. The number of nitrogens with one attached hydrogen (secondary N) is 1. The number of ether oxygens (including phenoxy) is 1. The van der Waals surface area contributed by atoms with Gasteiger partial charge in [0.05, 0.1) is 12.5 Å². The van der Waals surface area contributed by atoms with Crippen LogP contribution in [0.5, 0.6) is 0 Å². The molecule has 0 saturated heterocycles. The first-order valence-corrected chi connectivity index (χ1v) is 4.52. The van der Waals surface area contributed by atoms with E-state index in [0.29, 0.717) is 0 Å². The van der Waals surface area contributed by atoms with Crippen LogP contribution in [0.1, 0.15) is 27.2 Å². The zero-order chi connectivity index (χ0) is 12.1. The highest BCUT2D eigenvalue weighted by atomic mass is 19.1. The smallest absolute Gasteiger partial charge is 0.407 e. The Bertz CT molecular complexity index is 237. The number of alkyl halides is 1. The van der Waals surface area contributed by atoms with Crippen molar-refractivity contribution in [1.82, 2.24) is 5.32 Å². The molecule has 0 aromatic heterocycles. The molecule has 0 aliphatic heterocycles. The standard InChI is InChI=1S/C9H16FNO4/c1-9(2,3)15-8(14)11-6(5-10)4-7(12)13/h6H,4-5H2,1-3H3,(H,11,14)(H,12,13). The highest BCUT2D eigenvalue weighted by molar-refractivity contribution is 5.71. The highest BCUT2D eigenvalue weighted by Crippen LogP contribution is 2.07. The molecule has 0 fully saturated rings. The molecule has 0 spiro atoms. The largest absolute Gasteiger partial charge is 0.481 e. The summed E-state index contributed by atoms with van der Waals surface area (Å²) >= 11 is 0. The van der Waals surface area contributed by atoms with Crippen molar-refractivity contribution in [2.24, 2.45) is 0 Å². The van der Waals surface area contributed by atoms with Gasteiger partial charge in [-0.1, -0.05) is 0 Å². The van der Waals surface area contributed by atoms with Gasteiger partial charge < -0.3 is 15.2 Å². The van der Waals surface area contributed by atoms with Gasteiger partial charge in [-0.25, -0.2) is 9.18 Å². The van der Waals surface area contributed by atoms with Crippen molar-refractivity contribution in [1.29, 1.82) is 0 Å². The van der Waals surface area contributed by atoms with Crippen LogP contribution in [-0.2, 0) is 9.53 Å². The monoisotopic (exact) mass is 221 g/mol. The number of carboxylic acids is 1. The number of hydrogen-bond donors (Lipinski definition) is 2. The highest BCUT2D eigenvalue weighted by Gasteiger charge is 2.20. The molecule has 1 unspecified atom stereocenters. The third kappa shape index (κ3) is 7.72. The van der Waals surface area contributed by atoms with Gasteiger partial charge in [-0.15, -0.1) is 0 Å². The van der Waals surface area contributed by atoms with Crippen LogP contribution in [0.25, 0.3) is 0 Å². The minimum Gasteiger partial charge on any atom is -0.481 e. The van der Waals surface area contributed by atoms with E-state index in [1.165, 1.54) is 0 Å². The molecule has 0 rings (SSSR count). The molecule has 1 atom stereocenters. The van der Waals surface area contributed by atoms with E-state index in [9.17, 15) is 14.0 Å². The third-order valence-electron chi connectivity index (χ3n) is 1.33. The second-order valence-corrected chi connectivity index (χ2v) is 4.10. The number of hydrogen-bond acceptors (Lipinski definition) is 3. The number of halogens is 1.